The Hall–Kier alpha value is -5.57. The minimum atomic E-state index is -2.94. The van der Waals surface area contributed by atoms with E-state index in [1.807, 2.05) is 102 Å². The molecule has 0 fully saturated rings. The van der Waals surface area contributed by atoms with Crippen LogP contribution in [0, 0.1) is 0 Å². The summed E-state index contributed by atoms with van der Waals surface area (Å²) in [6.45, 7) is -5.87. The van der Waals surface area contributed by atoms with Crippen molar-refractivity contribution in [2.45, 2.75) is 19.1 Å². The zero-order valence-corrected chi connectivity index (χ0v) is 26.5. The predicted octanol–water partition coefficient (Wildman–Crippen LogP) is 13.3. The highest BCUT2D eigenvalue weighted by molar-refractivity contribution is 6.34. The first-order valence-electron chi connectivity index (χ1n) is 18.9. The summed E-state index contributed by atoms with van der Waals surface area (Å²) in [4.78, 5) is 1.97. The van der Waals surface area contributed by atoms with E-state index in [2.05, 4.69) is 24.3 Å². The van der Waals surface area contributed by atoms with Gasteiger partial charge in [0.25, 0.3) is 0 Å². The van der Waals surface area contributed by atoms with Gasteiger partial charge in [-0.05, 0) is 87.5 Å². The summed E-state index contributed by atoms with van der Waals surface area (Å²) in [6.07, 6.45) is 0. The molecule has 1 heterocycles. The van der Waals surface area contributed by atoms with E-state index in [-0.39, 0.29) is 16.1 Å². The number of furan rings is 1. The van der Waals surface area contributed by atoms with Crippen LogP contribution in [0.1, 0.15) is 33.1 Å². The number of halogens is 1. The number of rotatable bonds is 5. The predicted molar refractivity (Wildman–Crippen MR) is 202 cm³/mol. The fourth-order valence-electron chi connectivity index (χ4n) is 7.06. The first-order chi connectivity index (χ1) is 26.0. The first kappa shape index (κ1) is 22.9. The molecule has 1 aliphatic carbocycles. The minimum Gasteiger partial charge on any atom is -0.456 e. The third-order valence-corrected chi connectivity index (χ3v) is 9.69. The smallest absolute Gasteiger partial charge is 0.137 e. The van der Waals surface area contributed by atoms with Crippen LogP contribution in [0.4, 0.5) is 17.1 Å². The standard InChI is InChI=1S/C45H32ClNO/c1-45(2)39-16-10-9-15-38(39)44-40(45)26-35(27-41(44)46)47(33-20-17-31(18-21-33)29-11-5-3-6-12-29)34-22-24-37-36-23-19-32(30-13-7-4-8-14-30)25-42(36)48-43(37)28-34/h3-28H,1-2H3/i1D3,2D3. The molecule has 0 unspecified atom stereocenters. The number of hydrogen-bond donors (Lipinski definition) is 0. The van der Waals surface area contributed by atoms with E-state index >= 15 is 0 Å². The van der Waals surface area contributed by atoms with Crippen LogP contribution in [0.3, 0.4) is 0 Å². The summed E-state index contributed by atoms with van der Waals surface area (Å²) in [6, 6.07) is 50.7. The van der Waals surface area contributed by atoms with Crippen molar-refractivity contribution in [3.8, 4) is 33.4 Å². The molecular weight excluding hydrogens is 606 g/mol. The summed E-state index contributed by atoms with van der Waals surface area (Å²) in [5.74, 6) is 0. The van der Waals surface area contributed by atoms with Gasteiger partial charge in [-0.25, -0.2) is 0 Å². The van der Waals surface area contributed by atoms with E-state index in [1.165, 1.54) is 0 Å². The number of nitrogens with zero attached hydrogens (tertiary/aromatic N) is 1. The van der Waals surface area contributed by atoms with Crippen molar-refractivity contribution in [2.75, 3.05) is 4.90 Å². The molecule has 0 radical (unpaired) electrons. The molecule has 48 heavy (non-hydrogen) atoms. The lowest BCUT2D eigenvalue weighted by molar-refractivity contribution is 0.660. The lowest BCUT2D eigenvalue weighted by Crippen LogP contribution is -2.16. The average molecular weight is 644 g/mol. The number of fused-ring (bicyclic) bond motifs is 6. The molecule has 230 valence electrons. The largest absolute Gasteiger partial charge is 0.456 e. The van der Waals surface area contributed by atoms with E-state index in [9.17, 15) is 0 Å². The molecule has 0 amide bonds. The Morgan fingerprint density at radius 3 is 1.83 bits per heavy atom. The Labute approximate surface area is 293 Å². The van der Waals surface area contributed by atoms with Gasteiger partial charge < -0.3 is 9.32 Å². The van der Waals surface area contributed by atoms with E-state index < -0.39 is 19.1 Å². The Balaban J connectivity index is 1.26. The Bertz CT molecular complexity index is 2690. The van der Waals surface area contributed by atoms with Gasteiger partial charge in [-0.1, -0.05) is 128 Å². The first-order valence-corrected chi connectivity index (χ1v) is 16.2. The zero-order chi connectivity index (χ0) is 37.4. The molecule has 8 aromatic rings. The van der Waals surface area contributed by atoms with Gasteiger partial charge in [0, 0.05) is 53.1 Å². The molecule has 1 aromatic heterocycles. The van der Waals surface area contributed by atoms with E-state index in [4.69, 9.17) is 24.2 Å². The molecule has 9 rings (SSSR count). The van der Waals surface area contributed by atoms with Gasteiger partial charge in [-0.2, -0.15) is 0 Å². The Morgan fingerprint density at radius 2 is 1.10 bits per heavy atom. The third kappa shape index (κ3) is 4.56. The quantitative estimate of drug-likeness (QED) is 0.185. The van der Waals surface area contributed by atoms with Gasteiger partial charge in [0.1, 0.15) is 11.2 Å². The van der Waals surface area contributed by atoms with Crippen molar-refractivity contribution < 1.29 is 12.6 Å². The van der Waals surface area contributed by atoms with Gasteiger partial charge in [0.05, 0.1) is 5.02 Å². The van der Waals surface area contributed by atoms with Crippen LogP contribution in [-0.4, -0.2) is 0 Å². The lowest BCUT2D eigenvalue weighted by atomic mass is 9.82. The molecule has 1 aliphatic rings. The number of benzene rings is 7. The fourth-order valence-corrected chi connectivity index (χ4v) is 7.38. The van der Waals surface area contributed by atoms with E-state index in [0.717, 1.165) is 50.0 Å². The van der Waals surface area contributed by atoms with Crippen LogP contribution >= 0.6 is 11.6 Å². The second-order valence-corrected chi connectivity index (χ2v) is 12.7. The fraction of sp³-hybridized carbons (Fsp3) is 0.0667. The van der Waals surface area contributed by atoms with Crippen molar-refractivity contribution in [1.82, 2.24) is 0 Å². The lowest BCUT2D eigenvalue weighted by Gasteiger charge is -2.28. The summed E-state index contributed by atoms with van der Waals surface area (Å²) >= 11 is 7.16. The minimum absolute atomic E-state index is 0.148. The topological polar surface area (TPSA) is 16.4 Å². The Morgan fingerprint density at radius 1 is 0.521 bits per heavy atom. The van der Waals surface area contributed by atoms with Gasteiger partial charge in [0.15, 0.2) is 0 Å². The molecule has 0 saturated carbocycles. The summed E-state index contributed by atoms with van der Waals surface area (Å²) in [5.41, 5.74) is 6.61. The van der Waals surface area contributed by atoms with Crippen LogP contribution < -0.4 is 4.90 Å². The van der Waals surface area contributed by atoms with Crippen molar-refractivity contribution in [1.29, 1.82) is 0 Å². The number of anilines is 3. The monoisotopic (exact) mass is 643 g/mol. The van der Waals surface area contributed by atoms with Crippen LogP contribution in [0.2, 0.25) is 5.02 Å². The maximum Gasteiger partial charge on any atom is 0.137 e. The molecule has 0 bridgehead atoms. The van der Waals surface area contributed by atoms with Gasteiger partial charge in [0.2, 0.25) is 0 Å². The van der Waals surface area contributed by atoms with Crippen LogP contribution in [-0.2, 0) is 5.41 Å². The van der Waals surface area contributed by atoms with Gasteiger partial charge in [-0.15, -0.1) is 0 Å². The Kier molecular flexibility index (Phi) is 5.25. The second-order valence-electron chi connectivity index (χ2n) is 12.3. The molecule has 0 spiro atoms. The summed E-state index contributed by atoms with van der Waals surface area (Å²) < 4.78 is 59.3. The van der Waals surface area contributed by atoms with Crippen molar-refractivity contribution in [3.05, 3.63) is 174 Å². The van der Waals surface area contributed by atoms with Crippen LogP contribution in [0.15, 0.2) is 162 Å². The molecule has 3 heteroatoms. The normalized spacial score (nSPS) is 15.4. The van der Waals surface area contributed by atoms with Crippen molar-refractivity contribution in [2.24, 2.45) is 0 Å². The zero-order valence-electron chi connectivity index (χ0n) is 31.7. The molecule has 0 N–H and O–H groups in total. The molecule has 0 atom stereocenters. The SMILES string of the molecule is [2H]C([2H])([2H])C1(C([2H])([2H])[2H])c2ccccc2-c2c(Cl)cc(N(c3ccc(-c4ccccc4)cc3)c3ccc4c(c3)oc3cc(-c5ccccc5)ccc34)cc21. The summed E-state index contributed by atoms with van der Waals surface area (Å²) in [5, 5.41) is 2.18. The van der Waals surface area contributed by atoms with Crippen LogP contribution in [0.5, 0.6) is 0 Å². The third-order valence-electron chi connectivity index (χ3n) is 9.39. The van der Waals surface area contributed by atoms with E-state index in [0.29, 0.717) is 22.4 Å². The highest BCUT2D eigenvalue weighted by Gasteiger charge is 2.37. The molecule has 7 aromatic carbocycles. The maximum atomic E-state index is 8.79. The average Bonchev–Trinajstić information content (AvgIpc) is 3.69. The number of hydrogen-bond acceptors (Lipinski definition) is 2. The molecular formula is C45H32ClNO. The summed E-state index contributed by atoms with van der Waals surface area (Å²) in [7, 11) is 0. The highest BCUT2D eigenvalue weighted by Crippen LogP contribution is 2.53. The van der Waals surface area contributed by atoms with E-state index in [1.54, 1.807) is 36.4 Å². The highest BCUT2D eigenvalue weighted by atomic mass is 35.5. The molecule has 0 saturated heterocycles. The van der Waals surface area contributed by atoms with Gasteiger partial charge in [-0.3, -0.25) is 0 Å². The van der Waals surface area contributed by atoms with Crippen LogP contribution in [0.25, 0.3) is 55.3 Å². The van der Waals surface area contributed by atoms with Gasteiger partial charge >= 0.3 is 0 Å². The maximum absolute atomic E-state index is 8.79. The van der Waals surface area contributed by atoms with Crippen molar-refractivity contribution in [3.63, 3.8) is 0 Å². The second kappa shape index (κ2) is 11.0. The van der Waals surface area contributed by atoms with Crippen molar-refractivity contribution >= 4 is 50.6 Å². The molecule has 2 nitrogen and oxygen atoms in total. The molecule has 0 aliphatic heterocycles.